The monoisotopic (exact) mass is 520 g/mol. The van der Waals surface area contributed by atoms with E-state index in [2.05, 4.69) is 148 Å². The third-order valence-corrected chi connectivity index (χ3v) is 7.56. The molecule has 0 aliphatic rings. The summed E-state index contributed by atoms with van der Waals surface area (Å²) in [6.07, 6.45) is 0. The molecule has 0 amide bonds. The molecular weight excluding hydrogens is 488 g/mol. The Morgan fingerprint density at radius 3 is 1.34 bits per heavy atom. The molecule has 0 saturated carbocycles. The molecule has 176 valence electrons. The molecule has 5 aromatic carbocycles. The summed E-state index contributed by atoms with van der Waals surface area (Å²) in [7, 11) is 0. The zero-order valence-corrected chi connectivity index (χ0v) is 23.1. The second-order valence-corrected chi connectivity index (χ2v) is 12.6. The lowest BCUT2D eigenvalue weighted by molar-refractivity contribution is 0.590. The van der Waals surface area contributed by atoms with Crippen LogP contribution in [0.3, 0.4) is 0 Å². The SMILES string of the molecule is CC(C)(C)c1ccc(-c2c(-c3ccc(C(C)(C)C)cc3)c3ccc(Br)cc3c3ccccc23)cc1. The van der Waals surface area contributed by atoms with E-state index in [1.165, 1.54) is 54.9 Å². The van der Waals surface area contributed by atoms with Crippen molar-refractivity contribution in [2.75, 3.05) is 0 Å². The summed E-state index contributed by atoms with van der Waals surface area (Å²) in [4.78, 5) is 0. The van der Waals surface area contributed by atoms with Gasteiger partial charge in [-0.25, -0.2) is 0 Å². The maximum atomic E-state index is 3.72. The Morgan fingerprint density at radius 1 is 0.457 bits per heavy atom. The van der Waals surface area contributed by atoms with Gasteiger partial charge in [0.15, 0.2) is 0 Å². The molecule has 0 unspecified atom stereocenters. The van der Waals surface area contributed by atoms with Crippen LogP contribution in [0.5, 0.6) is 0 Å². The average molecular weight is 522 g/mol. The minimum atomic E-state index is 0.125. The van der Waals surface area contributed by atoms with E-state index in [4.69, 9.17) is 0 Å². The molecule has 0 saturated heterocycles. The number of halogens is 1. The molecule has 0 aliphatic heterocycles. The van der Waals surface area contributed by atoms with Gasteiger partial charge in [0.05, 0.1) is 0 Å². The Labute approximate surface area is 218 Å². The molecule has 5 rings (SSSR count). The Morgan fingerprint density at radius 2 is 0.886 bits per heavy atom. The van der Waals surface area contributed by atoms with Crippen LogP contribution in [0.25, 0.3) is 43.8 Å². The van der Waals surface area contributed by atoms with Gasteiger partial charge in [-0.2, -0.15) is 0 Å². The van der Waals surface area contributed by atoms with Crippen molar-refractivity contribution in [3.8, 4) is 22.3 Å². The van der Waals surface area contributed by atoms with Crippen molar-refractivity contribution in [2.24, 2.45) is 0 Å². The number of hydrogen-bond donors (Lipinski definition) is 0. The molecule has 0 spiro atoms. The van der Waals surface area contributed by atoms with E-state index < -0.39 is 0 Å². The molecule has 0 fully saturated rings. The first-order chi connectivity index (χ1) is 16.5. The van der Waals surface area contributed by atoms with Crippen LogP contribution in [0, 0.1) is 0 Å². The van der Waals surface area contributed by atoms with Gasteiger partial charge in [-0.3, -0.25) is 0 Å². The van der Waals surface area contributed by atoms with Crippen molar-refractivity contribution >= 4 is 37.5 Å². The first-order valence-corrected chi connectivity index (χ1v) is 13.2. The van der Waals surface area contributed by atoms with Crippen molar-refractivity contribution in [3.63, 3.8) is 0 Å². The molecule has 0 bridgehead atoms. The minimum absolute atomic E-state index is 0.125. The van der Waals surface area contributed by atoms with Crippen molar-refractivity contribution in [1.29, 1.82) is 0 Å². The van der Waals surface area contributed by atoms with E-state index >= 15 is 0 Å². The summed E-state index contributed by atoms with van der Waals surface area (Å²) in [5.74, 6) is 0. The van der Waals surface area contributed by atoms with Gasteiger partial charge in [0.2, 0.25) is 0 Å². The number of fused-ring (bicyclic) bond motifs is 3. The van der Waals surface area contributed by atoms with Crippen LogP contribution in [-0.4, -0.2) is 0 Å². The highest BCUT2D eigenvalue weighted by molar-refractivity contribution is 9.10. The number of hydrogen-bond acceptors (Lipinski definition) is 0. The number of benzene rings is 5. The summed E-state index contributed by atoms with van der Waals surface area (Å²) >= 11 is 3.72. The van der Waals surface area contributed by atoms with Gasteiger partial charge in [0.25, 0.3) is 0 Å². The standard InChI is InChI=1S/C34H33Br/c1-33(2,3)24-15-11-22(12-16-24)31-28-10-8-7-9-27(28)30-21-26(35)19-20-29(30)32(31)23-13-17-25(18-14-23)34(4,5)6/h7-21H,1-6H3. The van der Waals surface area contributed by atoms with Crippen LogP contribution in [0.15, 0.2) is 95.5 Å². The van der Waals surface area contributed by atoms with Gasteiger partial charge in [0.1, 0.15) is 0 Å². The molecule has 0 aromatic heterocycles. The Balaban J connectivity index is 1.88. The molecule has 1 heteroatoms. The second kappa shape index (κ2) is 8.64. The second-order valence-electron chi connectivity index (χ2n) is 11.6. The normalized spacial score (nSPS) is 12.4. The lowest BCUT2D eigenvalue weighted by atomic mass is 9.82. The highest BCUT2D eigenvalue weighted by Gasteiger charge is 2.20. The lowest BCUT2D eigenvalue weighted by Gasteiger charge is -2.22. The van der Waals surface area contributed by atoms with Gasteiger partial charge in [0, 0.05) is 4.47 Å². The van der Waals surface area contributed by atoms with Crippen LogP contribution in [-0.2, 0) is 10.8 Å². The fourth-order valence-corrected chi connectivity index (χ4v) is 5.40. The molecule has 0 aliphatic carbocycles. The maximum Gasteiger partial charge on any atom is 0.0181 e. The van der Waals surface area contributed by atoms with Crippen LogP contribution in [0.2, 0.25) is 0 Å². The van der Waals surface area contributed by atoms with Gasteiger partial charge >= 0.3 is 0 Å². The summed E-state index contributed by atoms with van der Waals surface area (Å²) in [5.41, 5.74) is 8.08. The number of rotatable bonds is 2. The molecule has 0 radical (unpaired) electrons. The summed E-state index contributed by atoms with van der Waals surface area (Å²) in [6, 6.07) is 33.9. The van der Waals surface area contributed by atoms with Crippen molar-refractivity contribution in [2.45, 2.75) is 52.4 Å². The predicted molar refractivity (Wildman–Crippen MR) is 157 cm³/mol. The van der Waals surface area contributed by atoms with Gasteiger partial charge in [-0.1, -0.05) is 136 Å². The van der Waals surface area contributed by atoms with E-state index in [0.29, 0.717) is 0 Å². The van der Waals surface area contributed by atoms with Crippen molar-refractivity contribution in [1.82, 2.24) is 0 Å². The van der Waals surface area contributed by atoms with Crippen LogP contribution >= 0.6 is 15.9 Å². The Kier molecular flexibility index (Phi) is 5.88. The van der Waals surface area contributed by atoms with E-state index in [1.54, 1.807) is 0 Å². The largest absolute Gasteiger partial charge is 0.0616 e. The van der Waals surface area contributed by atoms with Gasteiger partial charge in [-0.15, -0.1) is 0 Å². The minimum Gasteiger partial charge on any atom is -0.0616 e. The highest BCUT2D eigenvalue weighted by atomic mass is 79.9. The first kappa shape index (κ1) is 23.8. The molecule has 0 N–H and O–H groups in total. The smallest absolute Gasteiger partial charge is 0.0181 e. The third-order valence-electron chi connectivity index (χ3n) is 7.07. The quantitative estimate of drug-likeness (QED) is 0.203. The Hall–Kier alpha value is -2.90. The van der Waals surface area contributed by atoms with Crippen molar-refractivity contribution < 1.29 is 0 Å². The molecular formula is C34H33Br. The summed E-state index contributed by atoms with van der Waals surface area (Å²) in [6.45, 7) is 13.6. The fraction of sp³-hybridized carbons (Fsp3) is 0.235. The molecule has 0 atom stereocenters. The van der Waals surface area contributed by atoms with Crippen LogP contribution < -0.4 is 0 Å². The van der Waals surface area contributed by atoms with Gasteiger partial charge in [-0.05, 0) is 77.9 Å². The van der Waals surface area contributed by atoms with E-state index in [1.807, 2.05) is 0 Å². The lowest BCUT2D eigenvalue weighted by Crippen LogP contribution is -2.10. The van der Waals surface area contributed by atoms with E-state index in [0.717, 1.165) is 4.47 Å². The maximum absolute atomic E-state index is 3.72. The molecule has 35 heavy (non-hydrogen) atoms. The summed E-state index contributed by atoms with van der Waals surface area (Å²) < 4.78 is 1.10. The van der Waals surface area contributed by atoms with Crippen LogP contribution in [0.4, 0.5) is 0 Å². The predicted octanol–water partition coefficient (Wildman–Crippen LogP) is 10.7. The molecule has 0 heterocycles. The van der Waals surface area contributed by atoms with E-state index in [-0.39, 0.29) is 10.8 Å². The zero-order chi connectivity index (χ0) is 25.0. The van der Waals surface area contributed by atoms with E-state index in [9.17, 15) is 0 Å². The van der Waals surface area contributed by atoms with Crippen molar-refractivity contribution in [3.05, 3.63) is 107 Å². The molecule has 5 aromatic rings. The van der Waals surface area contributed by atoms with Gasteiger partial charge < -0.3 is 0 Å². The Bertz CT molecular complexity index is 1520. The fourth-order valence-electron chi connectivity index (χ4n) is 5.04. The topological polar surface area (TPSA) is 0 Å². The van der Waals surface area contributed by atoms with Crippen LogP contribution in [0.1, 0.15) is 52.7 Å². The summed E-state index contributed by atoms with van der Waals surface area (Å²) in [5, 5.41) is 5.13. The zero-order valence-electron chi connectivity index (χ0n) is 21.5. The highest BCUT2D eigenvalue weighted by Crippen LogP contribution is 2.45. The first-order valence-electron chi connectivity index (χ1n) is 12.4. The molecule has 0 nitrogen and oxygen atoms in total. The average Bonchev–Trinajstić information content (AvgIpc) is 2.82. The third kappa shape index (κ3) is 4.43.